The van der Waals surface area contributed by atoms with Crippen molar-refractivity contribution in [2.45, 2.75) is 104 Å². The van der Waals surface area contributed by atoms with Gasteiger partial charge in [0, 0.05) is 43.4 Å². The molecule has 0 bridgehead atoms. The highest BCUT2D eigenvalue weighted by Crippen LogP contribution is 2.69. The van der Waals surface area contributed by atoms with Crippen LogP contribution in [0.15, 0.2) is 23.7 Å². The first kappa shape index (κ1) is 30.2. The minimum Gasteiger partial charge on any atom is -0.495 e. The van der Waals surface area contributed by atoms with E-state index in [0.29, 0.717) is 87.0 Å². The molecule has 4 saturated carbocycles. The maximum atomic E-state index is 12.8. The highest BCUT2D eigenvalue weighted by molar-refractivity contribution is 5.79. The van der Waals surface area contributed by atoms with E-state index in [1.165, 1.54) is 7.11 Å². The van der Waals surface area contributed by atoms with Gasteiger partial charge in [-0.05, 0) is 85.7 Å². The fourth-order valence-electron chi connectivity index (χ4n) is 10.5. The molecule has 7 nitrogen and oxygen atoms in total. The summed E-state index contributed by atoms with van der Waals surface area (Å²) in [4.78, 5) is 24.9. The molecular formula is C35H52O7. The van der Waals surface area contributed by atoms with E-state index in [0.717, 1.165) is 62.9 Å². The van der Waals surface area contributed by atoms with E-state index in [1.54, 1.807) is 0 Å². The second-order valence-electron chi connectivity index (χ2n) is 14.6. The molecule has 6 aliphatic rings. The maximum absolute atomic E-state index is 12.8. The summed E-state index contributed by atoms with van der Waals surface area (Å²) in [6.45, 7) is 9.99. The molecule has 4 aliphatic carbocycles. The third kappa shape index (κ3) is 5.46. The van der Waals surface area contributed by atoms with Gasteiger partial charge in [-0.3, -0.25) is 9.59 Å². The zero-order valence-electron chi connectivity index (χ0n) is 26.2. The Hall–Kier alpha value is -1.86. The summed E-state index contributed by atoms with van der Waals surface area (Å²) in [5.41, 5.74) is 0.0826. The topological polar surface area (TPSA) is 80.3 Å². The van der Waals surface area contributed by atoms with Crippen molar-refractivity contribution in [2.75, 3.05) is 33.5 Å². The lowest BCUT2D eigenvalue weighted by molar-refractivity contribution is -0.209. The van der Waals surface area contributed by atoms with Crippen molar-refractivity contribution < 1.29 is 33.3 Å². The summed E-state index contributed by atoms with van der Waals surface area (Å²) in [7, 11) is 1.48. The van der Waals surface area contributed by atoms with Gasteiger partial charge in [-0.2, -0.15) is 0 Å². The number of hydrogen-bond donors (Lipinski definition) is 0. The fraction of sp³-hybridized carbons (Fsp3) is 0.829. The quantitative estimate of drug-likeness (QED) is 0.305. The van der Waals surface area contributed by atoms with Crippen LogP contribution in [0.3, 0.4) is 0 Å². The molecule has 0 N–H and O–H groups in total. The van der Waals surface area contributed by atoms with Crippen LogP contribution in [0.1, 0.15) is 91.4 Å². The molecule has 234 valence electrons. The zero-order chi connectivity index (χ0) is 29.5. The first-order valence-corrected chi connectivity index (χ1v) is 16.7. The van der Waals surface area contributed by atoms with Gasteiger partial charge in [-0.25, -0.2) is 0 Å². The number of methoxy groups -OCH3 is 1. The van der Waals surface area contributed by atoms with Gasteiger partial charge >= 0.3 is 5.97 Å². The van der Waals surface area contributed by atoms with Gasteiger partial charge in [0.2, 0.25) is 0 Å². The second kappa shape index (κ2) is 12.3. The van der Waals surface area contributed by atoms with Crippen molar-refractivity contribution in [3.8, 4) is 0 Å². The predicted molar refractivity (Wildman–Crippen MR) is 158 cm³/mol. The van der Waals surface area contributed by atoms with Crippen molar-refractivity contribution in [2.24, 2.45) is 46.3 Å². The van der Waals surface area contributed by atoms with Gasteiger partial charge in [-0.15, -0.1) is 0 Å². The van der Waals surface area contributed by atoms with Crippen molar-refractivity contribution >= 4 is 11.8 Å². The largest absolute Gasteiger partial charge is 0.495 e. The number of Topliss-reactive ketones (excluding diaryl/α,β-unsaturated/α-hetero) is 1. The van der Waals surface area contributed by atoms with Crippen LogP contribution in [0.25, 0.3) is 0 Å². The van der Waals surface area contributed by atoms with E-state index in [2.05, 4.69) is 32.9 Å². The smallest absolute Gasteiger partial charge is 0.305 e. The van der Waals surface area contributed by atoms with Gasteiger partial charge in [0.15, 0.2) is 0 Å². The fourth-order valence-corrected chi connectivity index (χ4v) is 10.5. The predicted octanol–water partition coefficient (Wildman–Crippen LogP) is 6.40. The highest BCUT2D eigenvalue weighted by atomic mass is 16.5. The monoisotopic (exact) mass is 584 g/mol. The van der Waals surface area contributed by atoms with Crippen LogP contribution >= 0.6 is 0 Å². The lowest BCUT2D eigenvalue weighted by atomic mass is 9.43. The van der Waals surface area contributed by atoms with E-state index >= 15 is 0 Å². The van der Waals surface area contributed by atoms with E-state index < -0.39 is 0 Å². The number of fused-ring (bicyclic) bond motifs is 5. The molecule has 1 unspecified atom stereocenters. The molecule has 6 rings (SSSR count). The Bertz CT molecular complexity index is 1080. The summed E-state index contributed by atoms with van der Waals surface area (Å²) in [5.74, 6) is 4.99. The summed E-state index contributed by atoms with van der Waals surface area (Å²) in [5, 5.41) is 0. The molecule has 42 heavy (non-hydrogen) atoms. The standard InChI is InChI=1S/C35H52O7/c1-22(5-8-32(37)38-4)27-6-7-28-33-29(21-31(35(27,28)3)42-26-12-17-40-18-13-26)34(2)14-9-24(36)19-23(34)20-30(33)41-25-10-15-39-16-11-25/h10,12,22-23,27-31,33H,5-9,11,13-21H2,1-4H3/t22?,23-,27+,28-,29-,30+,31-,33-,34-,35+/m0/s1. The Morgan fingerprint density at radius 2 is 1.71 bits per heavy atom. The van der Waals surface area contributed by atoms with Gasteiger partial charge in [0.05, 0.1) is 45.1 Å². The third-order valence-electron chi connectivity index (χ3n) is 12.8. The average molecular weight is 585 g/mol. The Kier molecular flexibility index (Phi) is 8.81. The number of esters is 1. The molecule has 0 aromatic carbocycles. The molecule has 2 aliphatic heterocycles. The van der Waals surface area contributed by atoms with Crippen LogP contribution in [0.4, 0.5) is 0 Å². The lowest BCUT2D eigenvalue weighted by Crippen LogP contribution is -2.63. The summed E-state index contributed by atoms with van der Waals surface area (Å²) in [6, 6.07) is 0. The summed E-state index contributed by atoms with van der Waals surface area (Å²) >= 11 is 0. The number of rotatable bonds is 8. The normalized spacial score (nSPS) is 42.3. The van der Waals surface area contributed by atoms with E-state index in [4.69, 9.17) is 23.7 Å². The zero-order valence-corrected chi connectivity index (χ0v) is 26.2. The second-order valence-corrected chi connectivity index (χ2v) is 14.6. The summed E-state index contributed by atoms with van der Waals surface area (Å²) in [6.07, 6.45) is 14.0. The number of carbonyl (C=O) groups excluding carboxylic acids is 2. The number of ether oxygens (including phenoxy) is 5. The van der Waals surface area contributed by atoms with Gasteiger partial charge < -0.3 is 23.7 Å². The third-order valence-corrected chi connectivity index (χ3v) is 12.8. The molecule has 7 heteroatoms. The van der Waals surface area contributed by atoms with Crippen LogP contribution < -0.4 is 0 Å². The average Bonchev–Trinajstić information content (AvgIpc) is 3.36. The molecule has 10 atom stereocenters. The number of carbonyl (C=O) groups is 2. The van der Waals surface area contributed by atoms with Crippen molar-refractivity contribution in [3.05, 3.63) is 23.7 Å². The van der Waals surface area contributed by atoms with Crippen LogP contribution in [0.2, 0.25) is 0 Å². The van der Waals surface area contributed by atoms with Gasteiger partial charge in [0.25, 0.3) is 0 Å². The van der Waals surface area contributed by atoms with E-state index in [1.807, 2.05) is 0 Å². The van der Waals surface area contributed by atoms with Gasteiger partial charge in [0.1, 0.15) is 18.0 Å². The molecule has 0 radical (unpaired) electrons. The van der Waals surface area contributed by atoms with E-state index in [-0.39, 0.29) is 29.0 Å². The summed E-state index contributed by atoms with van der Waals surface area (Å²) < 4.78 is 30.4. The molecule has 4 fully saturated rings. The van der Waals surface area contributed by atoms with Crippen LogP contribution in [0, 0.1) is 46.3 Å². The molecule has 0 amide bonds. The molecule has 0 aromatic heterocycles. The van der Waals surface area contributed by atoms with Crippen molar-refractivity contribution in [3.63, 3.8) is 0 Å². The van der Waals surface area contributed by atoms with Crippen LogP contribution in [-0.4, -0.2) is 57.5 Å². The Morgan fingerprint density at radius 3 is 2.38 bits per heavy atom. The molecule has 0 saturated heterocycles. The number of ketones is 1. The first-order valence-electron chi connectivity index (χ1n) is 16.7. The minimum absolute atomic E-state index is 0.0325. The molecule has 0 aromatic rings. The Balaban J connectivity index is 1.37. The SMILES string of the molecule is COC(=O)CCC(C)[C@H]1CC[C@H]2[C@@H]3[C@H](OC4=CCOCC4)C[C@@H]4CC(=O)CC[C@]4(C)[C@H]3C[C@H](OC3=CCOCC3)[C@]12C. The molecule has 2 heterocycles. The Labute approximate surface area is 252 Å². The highest BCUT2D eigenvalue weighted by Gasteiger charge is 2.67. The van der Waals surface area contributed by atoms with E-state index in [9.17, 15) is 9.59 Å². The lowest BCUT2D eigenvalue weighted by Gasteiger charge is -2.64. The van der Waals surface area contributed by atoms with Gasteiger partial charge in [-0.1, -0.05) is 20.8 Å². The maximum Gasteiger partial charge on any atom is 0.305 e. The minimum atomic E-state index is -0.123. The first-order chi connectivity index (χ1) is 20.2. The van der Waals surface area contributed by atoms with Crippen LogP contribution in [0.5, 0.6) is 0 Å². The van der Waals surface area contributed by atoms with Crippen LogP contribution in [-0.2, 0) is 33.3 Å². The number of hydrogen-bond acceptors (Lipinski definition) is 7. The van der Waals surface area contributed by atoms with Crippen molar-refractivity contribution in [1.29, 1.82) is 0 Å². The Morgan fingerprint density at radius 1 is 1.00 bits per heavy atom. The molecular weight excluding hydrogens is 532 g/mol. The molecule has 0 spiro atoms. The van der Waals surface area contributed by atoms with Crippen molar-refractivity contribution in [1.82, 2.24) is 0 Å².